The van der Waals surface area contributed by atoms with Crippen LogP contribution in [0.2, 0.25) is 0 Å². The number of hydrogen-bond acceptors (Lipinski definition) is 2. The molecule has 0 saturated carbocycles. The molecule has 1 heterocycles. The van der Waals surface area contributed by atoms with Gasteiger partial charge in [0.05, 0.1) is 6.20 Å². The highest BCUT2D eigenvalue weighted by molar-refractivity contribution is 5.89. The number of carbonyl (C=O) groups excluding carboxylic acids is 1. The molecule has 2 amide bonds. The molecule has 5 nitrogen and oxygen atoms in total. The molecule has 3 rings (SSSR count). The number of anilines is 1. The van der Waals surface area contributed by atoms with E-state index >= 15 is 0 Å². The van der Waals surface area contributed by atoms with Crippen molar-refractivity contribution in [2.24, 2.45) is 0 Å². The third kappa shape index (κ3) is 3.77. The Labute approximate surface area is 134 Å². The van der Waals surface area contributed by atoms with Gasteiger partial charge in [-0.1, -0.05) is 36.4 Å². The summed E-state index contributed by atoms with van der Waals surface area (Å²) < 4.78 is 0. The lowest BCUT2D eigenvalue weighted by atomic mass is 10.1. The minimum atomic E-state index is -0.218. The summed E-state index contributed by atoms with van der Waals surface area (Å²) in [5.74, 6) is 0. The fraction of sp³-hybridized carbons (Fsp3) is 0.111. The third-order valence-electron chi connectivity index (χ3n) is 3.67. The highest BCUT2D eigenvalue weighted by atomic mass is 16.2. The highest BCUT2D eigenvalue weighted by Crippen LogP contribution is 2.19. The smallest absolute Gasteiger partial charge is 0.319 e. The van der Waals surface area contributed by atoms with Crippen LogP contribution in [0, 0.1) is 6.92 Å². The Kier molecular flexibility index (Phi) is 4.38. The number of aryl methyl sites for hydroxylation is 1. The minimum absolute atomic E-state index is 0.218. The largest absolute Gasteiger partial charge is 0.334 e. The quantitative estimate of drug-likeness (QED) is 0.687. The second-order valence-electron chi connectivity index (χ2n) is 5.30. The number of benzene rings is 2. The Hall–Kier alpha value is -3.08. The van der Waals surface area contributed by atoms with Crippen LogP contribution in [0.3, 0.4) is 0 Å². The number of aromatic amines is 1. The van der Waals surface area contributed by atoms with Gasteiger partial charge in [-0.25, -0.2) is 4.79 Å². The van der Waals surface area contributed by atoms with Crippen molar-refractivity contribution in [2.45, 2.75) is 13.5 Å². The van der Waals surface area contributed by atoms with E-state index in [0.717, 1.165) is 27.9 Å². The zero-order valence-electron chi connectivity index (χ0n) is 12.8. The zero-order valence-corrected chi connectivity index (χ0v) is 12.8. The van der Waals surface area contributed by atoms with Crippen LogP contribution in [0.4, 0.5) is 10.5 Å². The van der Waals surface area contributed by atoms with Crippen LogP contribution in [-0.4, -0.2) is 16.2 Å². The second-order valence-corrected chi connectivity index (χ2v) is 5.30. The number of H-pyrrole nitrogens is 1. The van der Waals surface area contributed by atoms with Gasteiger partial charge >= 0.3 is 6.03 Å². The molecule has 0 aliphatic heterocycles. The SMILES string of the molecule is Cc1ccccc1CNC(=O)Nc1ccc(-c2cn[nH]c2)cc1. The molecular weight excluding hydrogens is 288 g/mol. The molecule has 0 saturated heterocycles. The molecule has 0 radical (unpaired) electrons. The summed E-state index contributed by atoms with van der Waals surface area (Å²) in [6, 6.07) is 15.4. The van der Waals surface area contributed by atoms with Crippen LogP contribution in [0.1, 0.15) is 11.1 Å². The summed E-state index contributed by atoms with van der Waals surface area (Å²) in [4.78, 5) is 12.0. The average molecular weight is 306 g/mol. The average Bonchev–Trinajstić information content (AvgIpc) is 3.09. The molecule has 0 bridgehead atoms. The van der Waals surface area contributed by atoms with Crippen LogP contribution < -0.4 is 10.6 Å². The van der Waals surface area contributed by atoms with Crippen molar-refractivity contribution in [1.82, 2.24) is 15.5 Å². The van der Waals surface area contributed by atoms with Crippen molar-refractivity contribution < 1.29 is 4.79 Å². The topological polar surface area (TPSA) is 69.8 Å². The number of amides is 2. The van der Waals surface area contributed by atoms with Crippen LogP contribution >= 0.6 is 0 Å². The third-order valence-corrected chi connectivity index (χ3v) is 3.67. The summed E-state index contributed by atoms with van der Waals surface area (Å²) in [6.45, 7) is 2.54. The molecule has 3 aromatic rings. The van der Waals surface area contributed by atoms with E-state index in [4.69, 9.17) is 0 Å². The Morgan fingerprint density at radius 1 is 1.09 bits per heavy atom. The van der Waals surface area contributed by atoms with Gasteiger partial charge in [-0.3, -0.25) is 5.10 Å². The van der Waals surface area contributed by atoms with Crippen molar-refractivity contribution in [3.8, 4) is 11.1 Å². The van der Waals surface area contributed by atoms with Gasteiger partial charge in [-0.15, -0.1) is 0 Å². The van der Waals surface area contributed by atoms with Gasteiger partial charge in [0.15, 0.2) is 0 Å². The molecule has 0 aliphatic carbocycles. The van der Waals surface area contributed by atoms with Crippen molar-refractivity contribution in [3.63, 3.8) is 0 Å². The van der Waals surface area contributed by atoms with Crippen LogP contribution in [0.25, 0.3) is 11.1 Å². The molecule has 116 valence electrons. The molecular formula is C18H18N4O. The molecule has 0 atom stereocenters. The van der Waals surface area contributed by atoms with E-state index in [2.05, 4.69) is 20.8 Å². The number of rotatable bonds is 4. The van der Waals surface area contributed by atoms with Gasteiger partial charge in [0, 0.05) is 24.0 Å². The van der Waals surface area contributed by atoms with E-state index in [1.165, 1.54) is 0 Å². The first kappa shape index (κ1) is 14.8. The molecule has 0 fully saturated rings. The van der Waals surface area contributed by atoms with Crippen LogP contribution in [-0.2, 0) is 6.54 Å². The lowest BCUT2D eigenvalue weighted by Crippen LogP contribution is -2.28. The van der Waals surface area contributed by atoms with Crippen LogP contribution in [0.5, 0.6) is 0 Å². The lowest BCUT2D eigenvalue weighted by molar-refractivity contribution is 0.251. The molecule has 2 aromatic carbocycles. The van der Waals surface area contributed by atoms with E-state index in [-0.39, 0.29) is 6.03 Å². The van der Waals surface area contributed by atoms with Gasteiger partial charge in [0.25, 0.3) is 0 Å². The maximum absolute atomic E-state index is 12.0. The number of aromatic nitrogens is 2. The predicted octanol–water partition coefficient (Wildman–Crippen LogP) is 3.71. The summed E-state index contributed by atoms with van der Waals surface area (Å²) in [5.41, 5.74) is 5.08. The Balaban J connectivity index is 1.57. The predicted molar refractivity (Wildman–Crippen MR) is 91.1 cm³/mol. The highest BCUT2D eigenvalue weighted by Gasteiger charge is 2.04. The standard InChI is InChI=1S/C18H18N4O/c1-13-4-2-3-5-15(13)10-19-18(23)22-17-8-6-14(7-9-17)16-11-20-21-12-16/h2-9,11-12H,10H2,1H3,(H,20,21)(H2,19,22,23). The normalized spacial score (nSPS) is 10.3. The Morgan fingerprint density at radius 2 is 1.87 bits per heavy atom. The van der Waals surface area contributed by atoms with Gasteiger partial charge in [-0.05, 0) is 35.7 Å². The van der Waals surface area contributed by atoms with Gasteiger partial charge in [0.2, 0.25) is 0 Å². The number of nitrogens with one attached hydrogen (secondary N) is 3. The maximum Gasteiger partial charge on any atom is 0.319 e. The summed E-state index contributed by atoms with van der Waals surface area (Å²) in [5, 5.41) is 12.4. The summed E-state index contributed by atoms with van der Waals surface area (Å²) >= 11 is 0. The number of nitrogens with zero attached hydrogens (tertiary/aromatic N) is 1. The first-order valence-corrected chi connectivity index (χ1v) is 7.41. The number of carbonyl (C=O) groups is 1. The second kappa shape index (κ2) is 6.79. The maximum atomic E-state index is 12.0. The molecule has 0 aliphatic rings. The fourth-order valence-corrected chi connectivity index (χ4v) is 2.31. The monoisotopic (exact) mass is 306 g/mol. The van der Waals surface area contributed by atoms with E-state index < -0.39 is 0 Å². The number of hydrogen-bond donors (Lipinski definition) is 3. The molecule has 1 aromatic heterocycles. The molecule has 0 unspecified atom stereocenters. The minimum Gasteiger partial charge on any atom is -0.334 e. The van der Waals surface area contributed by atoms with E-state index in [9.17, 15) is 4.79 Å². The van der Waals surface area contributed by atoms with Gasteiger partial charge in [-0.2, -0.15) is 5.10 Å². The van der Waals surface area contributed by atoms with E-state index in [1.54, 1.807) is 6.20 Å². The van der Waals surface area contributed by atoms with Crippen LogP contribution in [0.15, 0.2) is 60.9 Å². The number of urea groups is 1. The van der Waals surface area contributed by atoms with E-state index in [0.29, 0.717) is 6.54 Å². The first-order valence-electron chi connectivity index (χ1n) is 7.41. The molecule has 0 spiro atoms. The molecule has 23 heavy (non-hydrogen) atoms. The van der Waals surface area contributed by atoms with E-state index in [1.807, 2.05) is 61.7 Å². The van der Waals surface area contributed by atoms with Crippen molar-refractivity contribution in [3.05, 3.63) is 72.1 Å². The van der Waals surface area contributed by atoms with Crippen molar-refractivity contribution in [1.29, 1.82) is 0 Å². The molecule has 3 N–H and O–H groups in total. The van der Waals surface area contributed by atoms with Crippen molar-refractivity contribution in [2.75, 3.05) is 5.32 Å². The lowest BCUT2D eigenvalue weighted by Gasteiger charge is -2.09. The Morgan fingerprint density at radius 3 is 2.57 bits per heavy atom. The van der Waals surface area contributed by atoms with Gasteiger partial charge in [0.1, 0.15) is 0 Å². The summed E-state index contributed by atoms with van der Waals surface area (Å²) in [6.07, 6.45) is 3.59. The summed E-state index contributed by atoms with van der Waals surface area (Å²) in [7, 11) is 0. The van der Waals surface area contributed by atoms with Gasteiger partial charge < -0.3 is 10.6 Å². The first-order chi connectivity index (χ1) is 11.2. The Bertz CT molecular complexity index is 779. The van der Waals surface area contributed by atoms with Crippen molar-refractivity contribution >= 4 is 11.7 Å². The molecule has 5 heteroatoms. The fourth-order valence-electron chi connectivity index (χ4n) is 2.31. The zero-order chi connectivity index (χ0) is 16.1.